The van der Waals surface area contributed by atoms with Crippen LogP contribution in [0.3, 0.4) is 0 Å². The molecule has 0 unspecified atom stereocenters. The smallest absolute Gasteiger partial charge is 0.202 e. The molecule has 2 rings (SSSR count). The highest BCUT2D eigenvalue weighted by Crippen LogP contribution is 2.22. The number of hydrogen-bond acceptors (Lipinski definition) is 3. The molecule has 78 valence electrons. The molecule has 2 heterocycles. The molecule has 0 N–H and O–H groups in total. The maximum Gasteiger partial charge on any atom is 0.202 e. The van der Waals surface area contributed by atoms with Gasteiger partial charge >= 0.3 is 0 Å². The van der Waals surface area contributed by atoms with Crippen LogP contribution in [0, 0.1) is 0 Å². The second kappa shape index (κ2) is 4.51. The van der Waals surface area contributed by atoms with Crippen molar-refractivity contribution < 1.29 is 9.21 Å². The molecule has 0 atom stereocenters. The molecule has 0 fully saturated rings. The summed E-state index contributed by atoms with van der Waals surface area (Å²) in [6.07, 6.45) is 0.323. The molecule has 0 bridgehead atoms. The van der Waals surface area contributed by atoms with Crippen molar-refractivity contribution in [2.75, 3.05) is 0 Å². The van der Waals surface area contributed by atoms with Crippen LogP contribution in [-0.2, 0) is 6.42 Å². The van der Waals surface area contributed by atoms with Gasteiger partial charge < -0.3 is 4.42 Å². The molecule has 0 aromatic carbocycles. The summed E-state index contributed by atoms with van der Waals surface area (Å²) < 4.78 is 6.42. The van der Waals surface area contributed by atoms with E-state index in [1.807, 2.05) is 5.38 Å². The number of furan rings is 1. The van der Waals surface area contributed by atoms with E-state index in [1.54, 1.807) is 18.2 Å². The summed E-state index contributed by atoms with van der Waals surface area (Å²) in [6, 6.07) is 5.15. The van der Waals surface area contributed by atoms with E-state index < -0.39 is 0 Å². The zero-order chi connectivity index (χ0) is 10.8. The van der Waals surface area contributed by atoms with Crippen LogP contribution < -0.4 is 0 Å². The van der Waals surface area contributed by atoms with E-state index in [0.717, 1.165) is 5.56 Å². The van der Waals surface area contributed by atoms with Crippen molar-refractivity contribution in [2.45, 2.75) is 6.42 Å². The SMILES string of the molecule is O=C(Cc1csc(Cl)c1)c1ccc(Br)o1. The molecular formula is C10H6BrClO2S. The van der Waals surface area contributed by atoms with Crippen molar-refractivity contribution in [2.24, 2.45) is 0 Å². The molecule has 0 saturated heterocycles. The minimum Gasteiger partial charge on any atom is -0.446 e. The second-order valence-corrected chi connectivity index (χ2v) is 5.29. The Bertz CT molecular complexity index is 489. The molecular weight excluding hydrogens is 300 g/mol. The molecule has 0 spiro atoms. The highest BCUT2D eigenvalue weighted by molar-refractivity contribution is 9.10. The second-order valence-electron chi connectivity index (χ2n) is 2.96. The Morgan fingerprint density at radius 1 is 1.53 bits per heavy atom. The normalized spacial score (nSPS) is 10.5. The lowest BCUT2D eigenvalue weighted by molar-refractivity contribution is 0.0965. The Labute approximate surface area is 104 Å². The zero-order valence-electron chi connectivity index (χ0n) is 7.50. The molecule has 5 heteroatoms. The largest absolute Gasteiger partial charge is 0.446 e. The molecule has 2 aromatic heterocycles. The number of hydrogen-bond donors (Lipinski definition) is 0. The topological polar surface area (TPSA) is 30.2 Å². The number of carbonyl (C=O) groups is 1. The van der Waals surface area contributed by atoms with Crippen LogP contribution in [0.1, 0.15) is 16.1 Å². The van der Waals surface area contributed by atoms with Gasteiger partial charge in [0.05, 0.1) is 4.34 Å². The molecule has 0 aliphatic rings. The first-order chi connectivity index (χ1) is 7.15. The number of ketones is 1. The summed E-state index contributed by atoms with van der Waals surface area (Å²) in [5.74, 6) is 0.319. The van der Waals surface area contributed by atoms with Gasteiger partial charge in [0.25, 0.3) is 0 Å². The third-order valence-corrected chi connectivity index (χ3v) is 3.40. The van der Waals surface area contributed by atoms with Gasteiger partial charge in [-0.2, -0.15) is 0 Å². The molecule has 15 heavy (non-hydrogen) atoms. The first kappa shape index (κ1) is 10.9. The predicted octanol–water partition coefficient (Wildman–Crippen LogP) is 4.18. The number of halogens is 2. The summed E-state index contributed by atoms with van der Waals surface area (Å²) in [5, 5.41) is 1.87. The van der Waals surface area contributed by atoms with Gasteiger partial charge in [0.2, 0.25) is 5.78 Å². The van der Waals surface area contributed by atoms with Gasteiger partial charge in [0.1, 0.15) is 0 Å². The Morgan fingerprint density at radius 3 is 2.87 bits per heavy atom. The van der Waals surface area contributed by atoms with Crippen molar-refractivity contribution in [1.29, 1.82) is 0 Å². The van der Waals surface area contributed by atoms with Crippen molar-refractivity contribution >= 4 is 44.7 Å². The highest BCUT2D eigenvalue weighted by Gasteiger charge is 2.12. The minimum absolute atomic E-state index is 0.0461. The summed E-state index contributed by atoms with van der Waals surface area (Å²) in [5.41, 5.74) is 0.919. The molecule has 0 radical (unpaired) electrons. The van der Waals surface area contributed by atoms with Crippen LogP contribution in [0.4, 0.5) is 0 Å². The first-order valence-corrected chi connectivity index (χ1v) is 6.21. The Kier molecular flexibility index (Phi) is 3.29. The highest BCUT2D eigenvalue weighted by atomic mass is 79.9. The number of Topliss-reactive ketones (excluding diaryl/α,β-unsaturated/α-hetero) is 1. The lowest BCUT2D eigenvalue weighted by atomic mass is 10.1. The van der Waals surface area contributed by atoms with Crippen LogP contribution in [0.15, 0.2) is 32.7 Å². The number of rotatable bonds is 3. The Morgan fingerprint density at radius 2 is 2.33 bits per heavy atom. The van der Waals surface area contributed by atoms with E-state index in [-0.39, 0.29) is 5.78 Å². The van der Waals surface area contributed by atoms with Gasteiger partial charge in [-0.1, -0.05) is 11.6 Å². The summed E-state index contributed by atoms with van der Waals surface area (Å²) in [7, 11) is 0. The molecule has 0 amide bonds. The fraction of sp³-hybridized carbons (Fsp3) is 0.100. The van der Waals surface area contributed by atoms with Gasteiger partial charge in [-0.25, -0.2) is 0 Å². The van der Waals surface area contributed by atoms with Crippen molar-refractivity contribution in [3.8, 4) is 0 Å². The number of carbonyl (C=O) groups excluding carboxylic acids is 1. The Balaban J connectivity index is 2.10. The minimum atomic E-state index is -0.0461. The van der Waals surface area contributed by atoms with E-state index in [9.17, 15) is 4.79 Å². The third-order valence-electron chi connectivity index (χ3n) is 1.83. The molecule has 2 nitrogen and oxygen atoms in total. The van der Waals surface area contributed by atoms with Gasteiger partial charge in [-0.15, -0.1) is 11.3 Å². The summed E-state index contributed by atoms with van der Waals surface area (Å²) in [4.78, 5) is 11.7. The lowest BCUT2D eigenvalue weighted by Crippen LogP contribution is -2.00. The molecule has 0 aliphatic carbocycles. The van der Waals surface area contributed by atoms with E-state index >= 15 is 0 Å². The molecule has 0 aliphatic heterocycles. The van der Waals surface area contributed by atoms with Gasteiger partial charge in [0, 0.05) is 6.42 Å². The van der Waals surface area contributed by atoms with Crippen LogP contribution in [0.2, 0.25) is 4.34 Å². The van der Waals surface area contributed by atoms with E-state index in [2.05, 4.69) is 15.9 Å². The molecule has 0 saturated carbocycles. The van der Waals surface area contributed by atoms with Gasteiger partial charge in [0.15, 0.2) is 10.4 Å². The monoisotopic (exact) mass is 304 g/mol. The fourth-order valence-corrected chi connectivity index (χ4v) is 2.39. The van der Waals surface area contributed by atoms with Crippen LogP contribution >= 0.6 is 38.9 Å². The quantitative estimate of drug-likeness (QED) is 0.796. The van der Waals surface area contributed by atoms with E-state index in [1.165, 1.54) is 11.3 Å². The average molecular weight is 306 g/mol. The Hall–Kier alpha value is -0.580. The zero-order valence-corrected chi connectivity index (χ0v) is 10.7. The van der Waals surface area contributed by atoms with Crippen molar-refractivity contribution in [3.63, 3.8) is 0 Å². The van der Waals surface area contributed by atoms with Crippen LogP contribution in [0.5, 0.6) is 0 Å². The number of thiophene rings is 1. The average Bonchev–Trinajstić information content (AvgIpc) is 2.75. The first-order valence-electron chi connectivity index (χ1n) is 4.16. The summed E-state index contributed by atoms with van der Waals surface area (Å²) >= 11 is 10.3. The third kappa shape index (κ3) is 2.71. The predicted molar refractivity (Wildman–Crippen MR) is 63.8 cm³/mol. The van der Waals surface area contributed by atoms with Gasteiger partial charge in [-0.05, 0) is 45.1 Å². The van der Waals surface area contributed by atoms with Crippen molar-refractivity contribution in [1.82, 2.24) is 0 Å². The summed E-state index contributed by atoms with van der Waals surface area (Å²) in [6.45, 7) is 0. The van der Waals surface area contributed by atoms with E-state index in [4.69, 9.17) is 16.0 Å². The standard InChI is InChI=1S/C10H6BrClO2S/c11-9-2-1-8(14-9)7(13)3-6-4-10(12)15-5-6/h1-2,4-5H,3H2. The maximum absolute atomic E-state index is 11.7. The fourth-order valence-electron chi connectivity index (χ4n) is 1.18. The van der Waals surface area contributed by atoms with Crippen molar-refractivity contribution in [3.05, 3.63) is 43.9 Å². The van der Waals surface area contributed by atoms with Crippen LogP contribution in [0.25, 0.3) is 0 Å². The maximum atomic E-state index is 11.7. The molecule has 2 aromatic rings. The van der Waals surface area contributed by atoms with E-state index in [0.29, 0.717) is 21.2 Å². The lowest BCUT2D eigenvalue weighted by Gasteiger charge is -1.93. The van der Waals surface area contributed by atoms with Crippen LogP contribution in [-0.4, -0.2) is 5.78 Å². The van der Waals surface area contributed by atoms with Gasteiger partial charge in [-0.3, -0.25) is 4.79 Å².